The van der Waals surface area contributed by atoms with Crippen molar-refractivity contribution >= 4 is 27.8 Å². The van der Waals surface area contributed by atoms with Crippen molar-refractivity contribution in [2.24, 2.45) is 0 Å². The first-order valence-corrected chi connectivity index (χ1v) is 6.26. The lowest BCUT2D eigenvalue weighted by Crippen LogP contribution is -2.20. The van der Waals surface area contributed by atoms with Crippen molar-refractivity contribution in [1.29, 1.82) is 0 Å². The Balaban J connectivity index is 2.26. The molecule has 0 radical (unpaired) electrons. The fourth-order valence-electron chi connectivity index (χ4n) is 2.45. The standard InChI is InChI=1S/C14H11F2N3O2/c15-8-6-9(16)13-11(7-8)19(5-3-12(20)18-21)10-2-1-4-17-14(10)13/h1-2,4,6-7,21H,3,5H2,(H,18,20). The van der Waals surface area contributed by atoms with Gasteiger partial charge in [-0.25, -0.2) is 14.3 Å². The molecule has 21 heavy (non-hydrogen) atoms. The minimum atomic E-state index is -0.698. The van der Waals surface area contributed by atoms with E-state index in [0.717, 1.165) is 6.07 Å². The summed E-state index contributed by atoms with van der Waals surface area (Å²) in [6.07, 6.45) is 1.50. The molecule has 2 aromatic heterocycles. The van der Waals surface area contributed by atoms with Gasteiger partial charge >= 0.3 is 0 Å². The van der Waals surface area contributed by atoms with E-state index in [9.17, 15) is 13.6 Å². The Kier molecular flexibility index (Phi) is 3.26. The molecule has 0 bridgehead atoms. The van der Waals surface area contributed by atoms with Crippen molar-refractivity contribution < 1.29 is 18.8 Å². The summed E-state index contributed by atoms with van der Waals surface area (Å²) < 4.78 is 29.1. The molecular formula is C14H11F2N3O2. The van der Waals surface area contributed by atoms with Crippen molar-refractivity contribution in [1.82, 2.24) is 15.0 Å². The highest BCUT2D eigenvalue weighted by Gasteiger charge is 2.16. The maximum atomic E-state index is 14.0. The van der Waals surface area contributed by atoms with Gasteiger partial charge in [-0.3, -0.25) is 15.0 Å². The van der Waals surface area contributed by atoms with Crippen LogP contribution in [0.1, 0.15) is 6.42 Å². The average molecular weight is 291 g/mol. The number of hydroxylamine groups is 1. The molecule has 0 atom stereocenters. The molecule has 0 saturated heterocycles. The van der Waals surface area contributed by atoms with Gasteiger partial charge in [0.15, 0.2) is 0 Å². The number of rotatable bonds is 3. The molecule has 0 unspecified atom stereocenters. The van der Waals surface area contributed by atoms with Gasteiger partial charge in [0.05, 0.1) is 21.9 Å². The van der Waals surface area contributed by atoms with Crippen LogP contribution in [0.3, 0.4) is 0 Å². The van der Waals surface area contributed by atoms with E-state index in [0.29, 0.717) is 16.6 Å². The van der Waals surface area contributed by atoms with E-state index in [1.165, 1.54) is 17.7 Å². The van der Waals surface area contributed by atoms with E-state index < -0.39 is 17.5 Å². The molecule has 0 aliphatic carbocycles. The first-order chi connectivity index (χ1) is 10.1. The van der Waals surface area contributed by atoms with E-state index >= 15 is 0 Å². The highest BCUT2D eigenvalue weighted by atomic mass is 19.1. The van der Waals surface area contributed by atoms with Crippen LogP contribution in [-0.4, -0.2) is 20.7 Å². The normalized spacial score (nSPS) is 11.2. The third-order valence-corrected chi connectivity index (χ3v) is 3.33. The number of aryl methyl sites for hydroxylation is 1. The summed E-state index contributed by atoms with van der Waals surface area (Å²) in [5.41, 5.74) is 2.87. The third-order valence-electron chi connectivity index (χ3n) is 3.33. The van der Waals surface area contributed by atoms with Gasteiger partial charge in [0.2, 0.25) is 5.91 Å². The molecule has 2 heterocycles. The molecule has 108 valence electrons. The van der Waals surface area contributed by atoms with Gasteiger partial charge in [-0.2, -0.15) is 0 Å². The van der Waals surface area contributed by atoms with E-state index in [-0.39, 0.29) is 18.4 Å². The van der Waals surface area contributed by atoms with Gasteiger partial charge in [0, 0.05) is 25.2 Å². The number of nitrogens with one attached hydrogen (secondary N) is 1. The Morgan fingerprint density at radius 1 is 1.33 bits per heavy atom. The second-order valence-electron chi connectivity index (χ2n) is 4.59. The summed E-state index contributed by atoms with van der Waals surface area (Å²) in [7, 11) is 0. The zero-order chi connectivity index (χ0) is 15.0. The zero-order valence-corrected chi connectivity index (χ0v) is 10.8. The number of fused-ring (bicyclic) bond motifs is 3. The fraction of sp³-hybridized carbons (Fsp3) is 0.143. The fourth-order valence-corrected chi connectivity index (χ4v) is 2.45. The monoisotopic (exact) mass is 291 g/mol. The molecule has 3 rings (SSSR count). The second kappa shape index (κ2) is 5.10. The SMILES string of the molecule is O=C(CCn1c2cccnc2c2c(F)cc(F)cc21)NO. The van der Waals surface area contributed by atoms with Crippen molar-refractivity contribution in [2.45, 2.75) is 13.0 Å². The summed E-state index contributed by atoms with van der Waals surface area (Å²) >= 11 is 0. The molecule has 0 aliphatic rings. The first-order valence-electron chi connectivity index (χ1n) is 6.26. The molecular weight excluding hydrogens is 280 g/mol. The molecule has 7 heteroatoms. The van der Waals surface area contributed by atoms with Crippen LogP contribution in [0.4, 0.5) is 8.78 Å². The number of pyridine rings is 1. The predicted molar refractivity (Wildman–Crippen MR) is 71.7 cm³/mol. The van der Waals surface area contributed by atoms with Crippen LogP contribution in [0.2, 0.25) is 0 Å². The Hall–Kier alpha value is -2.54. The third kappa shape index (κ3) is 2.21. The molecule has 0 aliphatic heterocycles. The first kappa shape index (κ1) is 13.4. The molecule has 1 amide bonds. The second-order valence-corrected chi connectivity index (χ2v) is 4.59. The smallest absolute Gasteiger partial charge is 0.245 e. The van der Waals surface area contributed by atoms with Crippen LogP contribution in [0.15, 0.2) is 30.5 Å². The Morgan fingerprint density at radius 3 is 2.90 bits per heavy atom. The lowest BCUT2D eigenvalue weighted by molar-refractivity contribution is -0.129. The minimum absolute atomic E-state index is 0.0254. The maximum absolute atomic E-state index is 14.0. The van der Waals surface area contributed by atoms with Crippen LogP contribution < -0.4 is 5.48 Å². The zero-order valence-electron chi connectivity index (χ0n) is 10.8. The van der Waals surface area contributed by atoms with Crippen LogP contribution in [-0.2, 0) is 11.3 Å². The number of hydrogen-bond donors (Lipinski definition) is 2. The Morgan fingerprint density at radius 2 is 2.14 bits per heavy atom. The van der Waals surface area contributed by atoms with E-state index in [2.05, 4.69) is 4.98 Å². The lowest BCUT2D eigenvalue weighted by Gasteiger charge is -2.06. The van der Waals surface area contributed by atoms with Gasteiger partial charge < -0.3 is 4.57 Å². The average Bonchev–Trinajstić information content (AvgIpc) is 2.78. The number of halogens is 2. The van der Waals surface area contributed by atoms with Crippen molar-refractivity contribution in [3.63, 3.8) is 0 Å². The van der Waals surface area contributed by atoms with Crippen molar-refractivity contribution in [2.75, 3.05) is 0 Å². The number of benzene rings is 1. The largest absolute Gasteiger partial charge is 0.338 e. The summed E-state index contributed by atoms with van der Waals surface area (Å²) in [6.45, 7) is 0.168. The quantitative estimate of drug-likeness (QED) is 0.575. The summed E-state index contributed by atoms with van der Waals surface area (Å²) in [6, 6.07) is 5.41. The maximum Gasteiger partial charge on any atom is 0.245 e. The minimum Gasteiger partial charge on any atom is -0.338 e. The number of hydrogen-bond acceptors (Lipinski definition) is 3. The number of carbonyl (C=O) groups excluding carboxylic acids is 1. The molecule has 3 aromatic rings. The topological polar surface area (TPSA) is 67.2 Å². The highest BCUT2D eigenvalue weighted by Crippen LogP contribution is 2.30. The molecule has 1 aromatic carbocycles. The van der Waals surface area contributed by atoms with Crippen molar-refractivity contribution in [3.05, 3.63) is 42.1 Å². The van der Waals surface area contributed by atoms with Crippen LogP contribution in [0, 0.1) is 11.6 Å². The Labute approximate surface area is 117 Å². The van der Waals surface area contributed by atoms with Gasteiger partial charge in [0.25, 0.3) is 0 Å². The number of aromatic nitrogens is 2. The predicted octanol–water partition coefficient (Wildman–Crippen LogP) is 2.36. The molecule has 0 saturated carbocycles. The van der Waals surface area contributed by atoms with Gasteiger partial charge in [-0.1, -0.05) is 0 Å². The van der Waals surface area contributed by atoms with E-state index in [1.54, 1.807) is 16.7 Å². The summed E-state index contributed by atoms with van der Waals surface area (Å²) in [5, 5.41) is 8.76. The highest BCUT2D eigenvalue weighted by molar-refractivity contribution is 6.06. The van der Waals surface area contributed by atoms with Crippen LogP contribution in [0.5, 0.6) is 0 Å². The van der Waals surface area contributed by atoms with E-state index in [4.69, 9.17) is 5.21 Å². The van der Waals surface area contributed by atoms with Gasteiger partial charge in [0.1, 0.15) is 11.6 Å². The molecule has 2 N–H and O–H groups in total. The molecule has 0 spiro atoms. The number of amides is 1. The summed E-state index contributed by atoms with van der Waals surface area (Å²) in [5.74, 6) is -1.97. The lowest BCUT2D eigenvalue weighted by atomic mass is 10.2. The van der Waals surface area contributed by atoms with Crippen molar-refractivity contribution in [3.8, 4) is 0 Å². The molecule has 5 nitrogen and oxygen atoms in total. The van der Waals surface area contributed by atoms with E-state index in [1.807, 2.05) is 0 Å². The van der Waals surface area contributed by atoms with Gasteiger partial charge in [-0.05, 0) is 18.2 Å². The van der Waals surface area contributed by atoms with Gasteiger partial charge in [-0.15, -0.1) is 0 Å². The summed E-state index contributed by atoms with van der Waals surface area (Å²) in [4.78, 5) is 15.3. The molecule has 0 fully saturated rings. The Bertz CT molecular complexity index is 845. The number of nitrogens with zero attached hydrogens (tertiary/aromatic N) is 2. The van der Waals surface area contributed by atoms with Crippen LogP contribution >= 0.6 is 0 Å². The number of carbonyl (C=O) groups is 1. The van der Waals surface area contributed by atoms with Crippen LogP contribution in [0.25, 0.3) is 21.9 Å².